The molecule has 0 aromatic rings. The summed E-state index contributed by atoms with van der Waals surface area (Å²) in [7, 11) is 1.67. The smallest absolute Gasteiger partial charge is 0.372 e. The van der Waals surface area contributed by atoms with Crippen LogP contribution in [-0.2, 0) is 4.74 Å². The lowest BCUT2D eigenvalue weighted by Gasteiger charge is -2.16. The Balaban J connectivity index is 3.66. The van der Waals surface area contributed by atoms with Gasteiger partial charge in [0.25, 0.3) is 0 Å². The van der Waals surface area contributed by atoms with Crippen LogP contribution in [-0.4, -0.2) is 45.5 Å². The van der Waals surface area contributed by atoms with Gasteiger partial charge in [0.15, 0.2) is 5.96 Å². The van der Waals surface area contributed by atoms with Gasteiger partial charge in [-0.05, 0) is 12.3 Å². The van der Waals surface area contributed by atoms with Crippen molar-refractivity contribution in [2.75, 3.05) is 33.4 Å². The minimum Gasteiger partial charge on any atom is -0.372 e. The molecule has 0 rings (SSSR count). The van der Waals surface area contributed by atoms with Gasteiger partial charge in [-0.25, -0.2) is 0 Å². The van der Waals surface area contributed by atoms with Gasteiger partial charge >= 0.3 is 6.18 Å². The molecule has 0 amide bonds. The predicted molar refractivity (Wildman–Crippen MR) is 74.9 cm³/mol. The number of rotatable bonds is 9. The van der Waals surface area contributed by atoms with Gasteiger partial charge in [0, 0.05) is 26.7 Å². The Hall–Kier alpha value is -0.980. The molecule has 4 nitrogen and oxygen atoms in total. The van der Waals surface area contributed by atoms with Gasteiger partial charge in [-0.1, -0.05) is 26.7 Å². The van der Waals surface area contributed by atoms with Crippen molar-refractivity contribution in [1.82, 2.24) is 10.6 Å². The summed E-state index contributed by atoms with van der Waals surface area (Å²) in [5.74, 6) is 1.27. The Morgan fingerprint density at radius 2 is 1.85 bits per heavy atom. The van der Waals surface area contributed by atoms with Crippen LogP contribution in [0, 0.1) is 5.92 Å². The van der Waals surface area contributed by atoms with Gasteiger partial charge in [-0.15, -0.1) is 0 Å². The largest absolute Gasteiger partial charge is 0.411 e. The molecule has 2 N–H and O–H groups in total. The molecule has 20 heavy (non-hydrogen) atoms. The molecule has 0 saturated heterocycles. The zero-order chi connectivity index (χ0) is 15.4. The summed E-state index contributed by atoms with van der Waals surface area (Å²) in [4.78, 5) is 4.06. The Kier molecular flexibility index (Phi) is 10.2. The number of hydrogen-bond acceptors (Lipinski definition) is 2. The first-order valence-corrected chi connectivity index (χ1v) is 7.01. The van der Waals surface area contributed by atoms with E-state index >= 15 is 0 Å². The van der Waals surface area contributed by atoms with E-state index in [2.05, 4.69) is 34.2 Å². The Morgan fingerprint density at radius 1 is 1.20 bits per heavy atom. The first-order valence-electron chi connectivity index (χ1n) is 7.01. The molecule has 0 fully saturated rings. The molecule has 0 bridgehead atoms. The van der Waals surface area contributed by atoms with Crippen molar-refractivity contribution in [3.63, 3.8) is 0 Å². The highest BCUT2D eigenvalue weighted by molar-refractivity contribution is 5.79. The molecule has 0 saturated carbocycles. The zero-order valence-corrected chi connectivity index (χ0v) is 12.5. The van der Waals surface area contributed by atoms with Crippen LogP contribution in [0.5, 0.6) is 0 Å². The second kappa shape index (κ2) is 10.8. The van der Waals surface area contributed by atoms with E-state index in [4.69, 9.17) is 0 Å². The van der Waals surface area contributed by atoms with E-state index in [1.54, 1.807) is 7.05 Å². The molecule has 0 atom stereocenters. The van der Waals surface area contributed by atoms with Crippen LogP contribution in [0.4, 0.5) is 13.2 Å². The number of guanidine groups is 1. The van der Waals surface area contributed by atoms with Crippen molar-refractivity contribution in [2.45, 2.75) is 39.3 Å². The van der Waals surface area contributed by atoms with Crippen LogP contribution in [0.15, 0.2) is 4.99 Å². The number of nitrogens with zero attached hydrogens (tertiary/aromatic N) is 1. The minimum absolute atomic E-state index is 0.0794. The van der Waals surface area contributed by atoms with Crippen molar-refractivity contribution in [1.29, 1.82) is 0 Å². The van der Waals surface area contributed by atoms with E-state index in [-0.39, 0.29) is 6.61 Å². The molecule has 7 heteroatoms. The van der Waals surface area contributed by atoms with Crippen molar-refractivity contribution >= 4 is 5.96 Å². The van der Waals surface area contributed by atoms with E-state index in [0.717, 1.165) is 19.4 Å². The molecular weight excluding hydrogens is 271 g/mol. The molecule has 0 aromatic heterocycles. The number of ether oxygens (including phenoxy) is 1. The Bertz CT molecular complexity index is 266. The SMILES string of the molecule is CCC(CC)CNC(=NC)NCCCOCC(F)(F)F. The number of halogens is 3. The lowest BCUT2D eigenvalue weighted by atomic mass is 10.0. The van der Waals surface area contributed by atoms with Crippen LogP contribution >= 0.6 is 0 Å². The van der Waals surface area contributed by atoms with Crippen LogP contribution in [0.1, 0.15) is 33.1 Å². The molecule has 120 valence electrons. The third-order valence-corrected chi connectivity index (χ3v) is 2.96. The first-order chi connectivity index (χ1) is 9.42. The van der Waals surface area contributed by atoms with Gasteiger partial charge in [-0.2, -0.15) is 13.2 Å². The third-order valence-electron chi connectivity index (χ3n) is 2.96. The summed E-state index contributed by atoms with van der Waals surface area (Å²) in [6, 6.07) is 0. The average Bonchev–Trinajstić information content (AvgIpc) is 2.40. The molecule has 0 aliphatic heterocycles. The standard InChI is InChI=1S/C13H26F3N3O/c1-4-11(5-2)9-19-12(17-3)18-7-6-8-20-10-13(14,15)16/h11H,4-10H2,1-3H3,(H2,17,18,19). The van der Waals surface area contributed by atoms with Crippen LogP contribution in [0.25, 0.3) is 0 Å². The summed E-state index contributed by atoms with van der Waals surface area (Å²) < 4.78 is 40.0. The lowest BCUT2D eigenvalue weighted by molar-refractivity contribution is -0.173. The van der Waals surface area contributed by atoms with E-state index in [1.807, 2.05) is 0 Å². The monoisotopic (exact) mass is 297 g/mol. The van der Waals surface area contributed by atoms with Crippen molar-refractivity contribution < 1.29 is 17.9 Å². The number of alkyl halides is 3. The molecule has 0 spiro atoms. The van der Waals surface area contributed by atoms with Crippen molar-refractivity contribution in [3.8, 4) is 0 Å². The van der Waals surface area contributed by atoms with E-state index < -0.39 is 12.8 Å². The van der Waals surface area contributed by atoms with E-state index in [9.17, 15) is 13.2 Å². The predicted octanol–water partition coefficient (Wildman–Crippen LogP) is 2.56. The maximum absolute atomic E-state index is 11.8. The molecule has 0 aromatic carbocycles. The molecule has 0 unspecified atom stereocenters. The fourth-order valence-corrected chi connectivity index (χ4v) is 1.61. The average molecular weight is 297 g/mol. The van der Waals surface area contributed by atoms with Crippen LogP contribution in [0.2, 0.25) is 0 Å². The number of aliphatic imine (C=N–C) groups is 1. The molecule has 0 aliphatic rings. The highest BCUT2D eigenvalue weighted by Crippen LogP contribution is 2.14. The minimum atomic E-state index is -4.25. The van der Waals surface area contributed by atoms with Gasteiger partial charge in [0.2, 0.25) is 0 Å². The van der Waals surface area contributed by atoms with E-state index in [1.165, 1.54) is 0 Å². The highest BCUT2D eigenvalue weighted by atomic mass is 19.4. The topological polar surface area (TPSA) is 45.7 Å². The summed E-state index contributed by atoms with van der Waals surface area (Å²) in [5, 5.41) is 6.25. The molecule has 0 heterocycles. The number of hydrogen-bond donors (Lipinski definition) is 2. The normalized spacial score (nSPS) is 12.8. The third kappa shape index (κ3) is 10.9. The summed E-state index contributed by atoms with van der Waals surface area (Å²) >= 11 is 0. The van der Waals surface area contributed by atoms with Gasteiger partial charge in [0.1, 0.15) is 6.61 Å². The zero-order valence-electron chi connectivity index (χ0n) is 12.5. The maximum Gasteiger partial charge on any atom is 0.411 e. The van der Waals surface area contributed by atoms with Crippen LogP contribution < -0.4 is 10.6 Å². The van der Waals surface area contributed by atoms with Gasteiger partial charge in [-0.3, -0.25) is 4.99 Å². The van der Waals surface area contributed by atoms with Crippen molar-refractivity contribution in [2.24, 2.45) is 10.9 Å². The first kappa shape index (κ1) is 19.0. The fourth-order valence-electron chi connectivity index (χ4n) is 1.61. The molecular formula is C13H26F3N3O. The maximum atomic E-state index is 11.8. The van der Waals surface area contributed by atoms with Crippen LogP contribution in [0.3, 0.4) is 0 Å². The van der Waals surface area contributed by atoms with Gasteiger partial charge < -0.3 is 15.4 Å². The Labute approximate surface area is 119 Å². The molecule has 0 radical (unpaired) electrons. The second-order valence-electron chi connectivity index (χ2n) is 4.58. The summed E-state index contributed by atoms with van der Waals surface area (Å²) in [6.07, 6.45) is -1.54. The number of nitrogens with one attached hydrogen (secondary N) is 2. The van der Waals surface area contributed by atoms with Crippen molar-refractivity contribution in [3.05, 3.63) is 0 Å². The quantitative estimate of drug-likeness (QED) is 0.390. The Morgan fingerprint density at radius 3 is 2.35 bits per heavy atom. The van der Waals surface area contributed by atoms with E-state index in [0.29, 0.717) is 24.8 Å². The molecule has 0 aliphatic carbocycles. The lowest BCUT2D eigenvalue weighted by Crippen LogP contribution is -2.40. The summed E-state index contributed by atoms with van der Waals surface area (Å²) in [5.41, 5.74) is 0. The highest BCUT2D eigenvalue weighted by Gasteiger charge is 2.27. The van der Waals surface area contributed by atoms with Gasteiger partial charge in [0.05, 0.1) is 0 Å². The fraction of sp³-hybridized carbons (Fsp3) is 0.923. The summed E-state index contributed by atoms with van der Waals surface area (Å²) in [6.45, 7) is 4.55. The second-order valence-corrected chi connectivity index (χ2v) is 4.58.